The van der Waals surface area contributed by atoms with E-state index in [-0.39, 0.29) is 12.4 Å². The Morgan fingerprint density at radius 2 is 1.76 bits per heavy atom. The zero-order valence-corrected chi connectivity index (χ0v) is 17.1. The van der Waals surface area contributed by atoms with E-state index in [0.29, 0.717) is 21.6 Å². The number of halogens is 2. The first-order valence-corrected chi connectivity index (χ1v) is 10.0. The van der Waals surface area contributed by atoms with Crippen molar-refractivity contribution in [2.75, 3.05) is 6.61 Å². The summed E-state index contributed by atoms with van der Waals surface area (Å²) in [6, 6.07) is 16.0. The van der Waals surface area contributed by atoms with Gasteiger partial charge in [0.2, 0.25) is 0 Å². The summed E-state index contributed by atoms with van der Waals surface area (Å²) in [5.74, 6) is -0.415. The highest BCUT2D eigenvalue weighted by atomic mass is 79.9. The molecule has 0 aliphatic carbocycles. The summed E-state index contributed by atoms with van der Waals surface area (Å²) in [6.07, 6.45) is 0. The van der Waals surface area contributed by atoms with Crippen LogP contribution >= 0.6 is 27.3 Å². The van der Waals surface area contributed by atoms with Crippen molar-refractivity contribution in [2.24, 2.45) is 0 Å². The molecule has 0 radical (unpaired) electrons. The van der Waals surface area contributed by atoms with Crippen molar-refractivity contribution in [3.63, 3.8) is 0 Å². The fraction of sp³-hybridized carbons (Fsp3) is 0.0476. The summed E-state index contributed by atoms with van der Waals surface area (Å²) in [5.41, 5.74) is 1.88. The zero-order chi connectivity index (χ0) is 20.4. The Labute approximate surface area is 176 Å². The van der Waals surface area contributed by atoms with Crippen LogP contribution in [-0.4, -0.2) is 12.6 Å². The van der Waals surface area contributed by atoms with E-state index in [0.717, 1.165) is 21.4 Å². The van der Waals surface area contributed by atoms with Gasteiger partial charge in [-0.1, -0.05) is 39.4 Å². The third-order valence-electron chi connectivity index (χ3n) is 3.96. The molecular weight excluding hydrogens is 463 g/mol. The number of benzene rings is 3. The number of carbonyl (C=O) groups excluding carboxylic acids is 1. The maximum absolute atomic E-state index is 12.9. The Balaban J connectivity index is 1.58. The number of hydrogen-bond donors (Lipinski definition) is 0. The van der Waals surface area contributed by atoms with E-state index >= 15 is 0 Å². The lowest BCUT2D eigenvalue weighted by Gasteiger charge is -2.09. The highest BCUT2D eigenvalue weighted by molar-refractivity contribution is 9.10. The van der Waals surface area contributed by atoms with Gasteiger partial charge in [0, 0.05) is 16.1 Å². The molecule has 3 aromatic carbocycles. The second-order valence-electron chi connectivity index (χ2n) is 5.98. The summed E-state index contributed by atoms with van der Waals surface area (Å²) >= 11 is 4.31. The van der Waals surface area contributed by atoms with E-state index in [4.69, 9.17) is 13.9 Å². The average molecular weight is 475 g/mol. The molecule has 4 aromatic rings. The van der Waals surface area contributed by atoms with Crippen LogP contribution in [0.5, 0.6) is 11.5 Å². The van der Waals surface area contributed by atoms with Gasteiger partial charge in [-0.2, -0.15) is 0 Å². The molecule has 0 aliphatic rings. The number of hydrogen-bond acceptors (Lipinski definition) is 6. The molecule has 5 nitrogen and oxygen atoms in total. The highest BCUT2D eigenvalue weighted by Crippen LogP contribution is 2.35. The molecule has 0 atom stereocenters. The maximum atomic E-state index is 12.9. The van der Waals surface area contributed by atoms with Crippen LogP contribution in [0.2, 0.25) is 0 Å². The summed E-state index contributed by atoms with van der Waals surface area (Å²) in [7, 11) is 0. The van der Waals surface area contributed by atoms with Crippen molar-refractivity contribution < 1.29 is 23.1 Å². The standard InChI is InChI=1S/C21H12BrFO5S/c22-13-3-1-12(2-4-13)17-9-16(10-18-20(17)28-21(25)29-18)27-19(24)11-26-15-7-5-14(23)6-8-15/h1-10H,11H2. The SMILES string of the molecule is O=C(COc1ccc(F)cc1)Oc1cc(-c2ccc(Br)cc2)c2oc(=O)sc2c1. The van der Waals surface area contributed by atoms with Crippen LogP contribution < -0.4 is 14.4 Å². The molecule has 0 amide bonds. The first-order chi connectivity index (χ1) is 14.0. The lowest BCUT2D eigenvalue weighted by molar-refractivity contribution is -0.136. The first-order valence-electron chi connectivity index (χ1n) is 8.40. The van der Waals surface area contributed by atoms with Gasteiger partial charge in [0.25, 0.3) is 0 Å². The predicted molar refractivity (Wildman–Crippen MR) is 111 cm³/mol. The molecule has 1 heterocycles. The monoisotopic (exact) mass is 474 g/mol. The van der Waals surface area contributed by atoms with Gasteiger partial charge >= 0.3 is 10.9 Å². The van der Waals surface area contributed by atoms with Crippen molar-refractivity contribution in [3.05, 3.63) is 80.7 Å². The van der Waals surface area contributed by atoms with Crippen LogP contribution in [0.4, 0.5) is 4.39 Å². The lowest BCUT2D eigenvalue weighted by atomic mass is 10.0. The molecule has 0 bridgehead atoms. The Hall–Kier alpha value is -2.97. The number of esters is 1. The van der Waals surface area contributed by atoms with Crippen molar-refractivity contribution in [1.29, 1.82) is 0 Å². The van der Waals surface area contributed by atoms with Crippen LogP contribution in [0, 0.1) is 5.82 Å². The van der Waals surface area contributed by atoms with Gasteiger partial charge in [0.15, 0.2) is 12.2 Å². The fourth-order valence-electron chi connectivity index (χ4n) is 2.69. The number of fused-ring (bicyclic) bond motifs is 1. The number of rotatable bonds is 5. The predicted octanol–water partition coefficient (Wildman–Crippen LogP) is 5.41. The largest absolute Gasteiger partial charge is 0.482 e. The summed E-state index contributed by atoms with van der Waals surface area (Å²) in [4.78, 5) is 23.5. The molecule has 0 aliphatic heterocycles. The van der Waals surface area contributed by atoms with E-state index in [2.05, 4.69) is 15.9 Å². The Morgan fingerprint density at radius 1 is 1.03 bits per heavy atom. The molecule has 0 fully saturated rings. The quantitative estimate of drug-likeness (QED) is 0.286. The molecule has 146 valence electrons. The molecular formula is C21H12BrFO5S. The minimum absolute atomic E-state index is 0.264. The van der Waals surface area contributed by atoms with E-state index in [9.17, 15) is 14.0 Å². The first kappa shape index (κ1) is 19.4. The Bertz CT molecular complexity index is 1230. The summed E-state index contributed by atoms with van der Waals surface area (Å²) in [5, 5.41) is 0. The van der Waals surface area contributed by atoms with Crippen molar-refractivity contribution in [3.8, 4) is 22.6 Å². The Kier molecular flexibility index (Phi) is 5.46. The van der Waals surface area contributed by atoms with Gasteiger partial charge in [-0.25, -0.2) is 14.0 Å². The van der Waals surface area contributed by atoms with Gasteiger partial charge in [-0.15, -0.1) is 0 Å². The summed E-state index contributed by atoms with van der Waals surface area (Å²) in [6.45, 7) is -0.348. The van der Waals surface area contributed by atoms with Crippen molar-refractivity contribution in [2.45, 2.75) is 0 Å². The summed E-state index contributed by atoms with van der Waals surface area (Å²) < 4.78 is 30.4. The molecule has 29 heavy (non-hydrogen) atoms. The minimum Gasteiger partial charge on any atom is -0.482 e. The van der Waals surface area contributed by atoms with Gasteiger partial charge in [-0.3, -0.25) is 0 Å². The zero-order valence-electron chi connectivity index (χ0n) is 14.7. The van der Waals surface area contributed by atoms with Gasteiger partial charge in [0.1, 0.15) is 17.3 Å². The molecule has 0 unspecified atom stereocenters. The maximum Gasteiger partial charge on any atom is 0.396 e. The molecule has 0 saturated carbocycles. The van der Waals surface area contributed by atoms with E-state index < -0.39 is 16.7 Å². The van der Waals surface area contributed by atoms with Gasteiger partial charge < -0.3 is 13.9 Å². The smallest absolute Gasteiger partial charge is 0.396 e. The van der Waals surface area contributed by atoms with Crippen LogP contribution in [-0.2, 0) is 4.79 Å². The topological polar surface area (TPSA) is 65.7 Å². The highest BCUT2D eigenvalue weighted by Gasteiger charge is 2.15. The molecule has 1 aromatic heterocycles. The van der Waals surface area contributed by atoms with E-state index in [1.807, 2.05) is 24.3 Å². The molecule has 0 spiro atoms. The lowest BCUT2D eigenvalue weighted by Crippen LogP contribution is -2.17. The Morgan fingerprint density at radius 3 is 2.48 bits per heavy atom. The van der Waals surface area contributed by atoms with E-state index in [1.165, 1.54) is 24.3 Å². The normalized spacial score (nSPS) is 10.8. The van der Waals surface area contributed by atoms with E-state index in [1.54, 1.807) is 12.1 Å². The molecule has 0 N–H and O–H groups in total. The van der Waals surface area contributed by atoms with Gasteiger partial charge in [0.05, 0.1) is 4.70 Å². The second kappa shape index (κ2) is 8.18. The third kappa shape index (κ3) is 4.55. The van der Waals surface area contributed by atoms with Gasteiger partial charge in [-0.05, 0) is 48.0 Å². The van der Waals surface area contributed by atoms with Crippen molar-refractivity contribution in [1.82, 2.24) is 0 Å². The third-order valence-corrected chi connectivity index (χ3v) is 5.27. The molecule has 8 heteroatoms. The second-order valence-corrected chi connectivity index (χ2v) is 7.87. The van der Waals surface area contributed by atoms with Crippen LogP contribution in [0.15, 0.2) is 74.3 Å². The number of carbonyl (C=O) groups is 1. The fourth-order valence-corrected chi connectivity index (χ4v) is 3.68. The minimum atomic E-state index is -0.633. The van der Waals surface area contributed by atoms with Crippen LogP contribution in [0.1, 0.15) is 0 Å². The average Bonchev–Trinajstić information content (AvgIpc) is 3.08. The number of ether oxygens (including phenoxy) is 2. The van der Waals surface area contributed by atoms with Crippen LogP contribution in [0.3, 0.4) is 0 Å². The molecule has 0 saturated heterocycles. The van der Waals surface area contributed by atoms with Crippen LogP contribution in [0.25, 0.3) is 21.4 Å². The van der Waals surface area contributed by atoms with Crippen molar-refractivity contribution >= 4 is 43.5 Å². The molecule has 4 rings (SSSR count).